The van der Waals surface area contributed by atoms with Crippen LogP contribution in [0.2, 0.25) is 0 Å². The molecule has 0 saturated heterocycles. The Morgan fingerprint density at radius 1 is 1.30 bits per heavy atom. The van der Waals surface area contributed by atoms with Gasteiger partial charge in [0.2, 0.25) is 0 Å². The van der Waals surface area contributed by atoms with E-state index < -0.39 is 0 Å². The van der Waals surface area contributed by atoms with Crippen molar-refractivity contribution >= 4 is 0 Å². The van der Waals surface area contributed by atoms with E-state index in [4.69, 9.17) is 10.00 Å². The molecule has 0 fully saturated rings. The number of hydrogen-bond acceptors (Lipinski definition) is 4. The van der Waals surface area contributed by atoms with Crippen LogP contribution in [0.4, 0.5) is 0 Å². The van der Waals surface area contributed by atoms with Gasteiger partial charge in [0.1, 0.15) is 11.8 Å². The third-order valence-corrected chi connectivity index (χ3v) is 3.01. The van der Waals surface area contributed by atoms with Crippen molar-refractivity contribution < 1.29 is 4.74 Å². The summed E-state index contributed by atoms with van der Waals surface area (Å²) < 4.78 is 6.97. The summed E-state index contributed by atoms with van der Waals surface area (Å²) in [5.41, 5.74) is 2.38. The number of nitrogens with zero attached hydrogens (tertiary/aromatic N) is 4. The van der Waals surface area contributed by atoms with E-state index in [2.05, 4.69) is 30.2 Å². The van der Waals surface area contributed by atoms with Crippen LogP contribution in [0.5, 0.6) is 5.75 Å². The van der Waals surface area contributed by atoms with E-state index >= 15 is 0 Å². The van der Waals surface area contributed by atoms with Crippen LogP contribution in [-0.2, 0) is 13.0 Å². The molecule has 0 aliphatic rings. The molecule has 104 valence electrons. The molecule has 0 saturated carbocycles. The van der Waals surface area contributed by atoms with Gasteiger partial charge >= 0.3 is 0 Å². The van der Waals surface area contributed by atoms with Crippen LogP contribution in [-0.4, -0.2) is 22.1 Å². The van der Waals surface area contributed by atoms with E-state index in [-0.39, 0.29) is 0 Å². The van der Waals surface area contributed by atoms with Gasteiger partial charge in [-0.2, -0.15) is 5.26 Å². The Morgan fingerprint density at radius 2 is 2.00 bits per heavy atom. The van der Waals surface area contributed by atoms with E-state index in [9.17, 15) is 0 Å². The molecule has 0 spiro atoms. The zero-order chi connectivity index (χ0) is 14.5. The average Bonchev–Trinajstić information content (AvgIpc) is 2.81. The maximum Gasteiger partial charge on any atom is 0.186 e. The molecule has 0 amide bonds. The summed E-state index contributed by atoms with van der Waals surface area (Å²) in [6, 6.07) is 9.93. The number of rotatable bonds is 5. The number of hydrogen-bond donors (Lipinski definition) is 0. The minimum absolute atomic E-state index is 0.404. The van der Waals surface area contributed by atoms with Crippen LogP contribution < -0.4 is 4.74 Å². The van der Waals surface area contributed by atoms with Crippen LogP contribution >= 0.6 is 0 Å². The van der Waals surface area contributed by atoms with E-state index in [1.54, 1.807) is 7.11 Å². The minimum atomic E-state index is 0.404. The number of ether oxygens (including phenoxy) is 1. The predicted molar refractivity (Wildman–Crippen MR) is 75.4 cm³/mol. The second kappa shape index (κ2) is 6.20. The smallest absolute Gasteiger partial charge is 0.186 e. The van der Waals surface area contributed by atoms with Crippen molar-refractivity contribution in [3.63, 3.8) is 0 Å². The Hall–Kier alpha value is -2.35. The third-order valence-electron chi connectivity index (χ3n) is 3.01. The summed E-state index contributed by atoms with van der Waals surface area (Å²) >= 11 is 0. The molecule has 0 N–H and O–H groups in total. The van der Waals surface area contributed by atoms with Gasteiger partial charge < -0.3 is 4.74 Å². The SMILES string of the molecule is COc1ccc(Cc2c(C#N)nnn2CC(C)C)cc1. The molecule has 2 aromatic rings. The van der Waals surface area contributed by atoms with Gasteiger partial charge in [-0.15, -0.1) is 5.10 Å². The van der Waals surface area contributed by atoms with Crippen molar-refractivity contribution in [1.29, 1.82) is 5.26 Å². The normalized spacial score (nSPS) is 10.6. The van der Waals surface area contributed by atoms with Gasteiger partial charge in [0, 0.05) is 13.0 Å². The number of nitriles is 1. The highest BCUT2D eigenvalue weighted by Crippen LogP contribution is 2.17. The lowest BCUT2D eigenvalue weighted by Gasteiger charge is -2.09. The van der Waals surface area contributed by atoms with Gasteiger partial charge in [-0.1, -0.05) is 31.2 Å². The molecule has 5 nitrogen and oxygen atoms in total. The van der Waals surface area contributed by atoms with Gasteiger partial charge in [-0.3, -0.25) is 0 Å². The molecule has 5 heteroatoms. The van der Waals surface area contributed by atoms with Crippen molar-refractivity contribution in [1.82, 2.24) is 15.0 Å². The summed E-state index contributed by atoms with van der Waals surface area (Å²) in [4.78, 5) is 0. The van der Waals surface area contributed by atoms with E-state index in [0.717, 1.165) is 23.6 Å². The highest BCUT2D eigenvalue weighted by molar-refractivity contribution is 5.33. The topological polar surface area (TPSA) is 63.7 Å². The van der Waals surface area contributed by atoms with Crippen LogP contribution in [0.1, 0.15) is 30.8 Å². The molecule has 0 atom stereocenters. The molecule has 20 heavy (non-hydrogen) atoms. The first-order valence-electron chi connectivity index (χ1n) is 6.59. The third kappa shape index (κ3) is 3.15. The zero-order valence-electron chi connectivity index (χ0n) is 12.0. The number of methoxy groups -OCH3 is 1. The Kier molecular flexibility index (Phi) is 4.36. The highest BCUT2D eigenvalue weighted by Gasteiger charge is 2.14. The molecule has 0 unspecified atom stereocenters. The Balaban J connectivity index is 2.26. The first-order chi connectivity index (χ1) is 9.63. The van der Waals surface area contributed by atoms with Crippen LogP contribution in [0, 0.1) is 17.2 Å². The maximum absolute atomic E-state index is 9.14. The summed E-state index contributed by atoms with van der Waals surface area (Å²) in [5.74, 6) is 1.28. The second-order valence-electron chi connectivity index (χ2n) is 5.10. The van der Waals surface area contributed by atoms with E-state index in [1.165, 1.54) is 0 Å². The Labute approximate surface area is 118 Å². The summed E-state index contributed by atoms with van der Waals surface area (Å²) in [7, 11) is 1.64. The van der Waals surface area contributed by atoms with Gasteiger partial charge in [0.25, 0.3) is 0 Å². The quantitative estimate of drug-likeness (QED) is 0.837. The summed E-state index contributed by atoms with van der Waals surface area (Å²) in [6.45, 7) is 5.00. The lowest BCUT2D eigenvalue weighted by molar-refractivity contribution is 0.414. The summed E-state index contributed by atoms with van der Waals surface area (Å²) in [6.07, 6.45) is 0.645. The summed E-state index contributed by atoms with van der Waals surface area (Å²) in [5, 5.41) is 17.2. The van der Waals surface area contributed by atoms with Crippen molar-refractivity contribution in [3.8, 4) is 11.8 Å². The fraction of sp³-hybridized carbons (Fsp3) is 0.400. The molecule has 0 radical (unpaired) electrons. The van der Waals surface area contributed by atoms with Crippen LogP contribution in [0.25, 0.3) is 0 Å². The van der Waals surface area contributed by atoms with Gasteiger partial charge in [-0.25, -0.2) is 4.68 Å². The Morgan fingerprint density at radius 3 is 2.55 bits per heavy atom. The number of aromatic nitrogens is 3. The fourth-order valence-electron chi connectivity index (χ4n) is 2.02. The first-order valence-corrected chi connectivity index (χ1v) is 6.59. The van der Waals surface area contributed by atoms with E-state index in [1.807, 2.05) is 28.9 Å². The monoisotopic (exact) mass is 270 g/mol. The molecule has 1 heterocycles. The van der Waals surface area contributed by atoms with Crippen LogP contribution in [0.15, 0.2) is 24.3 Å². The molecule has 2 rings (SSSR count). The lowest BCUT2D eigenvalue weighted by Crippen LogP contribution is -2.10. The predicted octanol–water partition coefficient (Wildman–Crippen LogP) is 2.41. The minimum Gasteiger partial charge on any atom is -0.497 e. The maximum atomic E-state index is 9.14. The van der Waals surface area contributed by atoms with Crippen molar-refractivity contribution in [2.45, 2.75) is 26.8 Å². The molecule has 1 aromatic heterocycles. The molecular formula is C15H18N4O. The fourth-order valence-corrected chi connectivity index (χ4v) is 2.02. The molecule has 1 aromatic carbocycles. The zero-order valence-corrected chi connectivity index (χ0v) is 12.0. The van der Waals surface area contributed by atoms with Crippen molar-refractivity contribution in [2.24, 2.45) is 5.92 Å². The van der Waals surface area contributed by atoms with Gasteiger partial charge in [0.15, 0.2) is 5.69 Å². The molecule has 0 aliphatic carbocycles. The van der Waals surface area contributed by atoms with Gasteiger partial charge in [0.05, 0.1) is 12.8 Å². The Bertz CT molecular complexity index is 608. The largest absolute Gasteiger partial charge is 0.497 e. The highest BCUT2D eigenvalue weighted by atomic mass is 16.5. The lowest BCUT2D eigenvalue weighted by atomic mass is 10.1. The average molecular weight is 270 g/mol. The first kappa shape index (κ1) is 14.1. The molecule has 0 aliphatic heterocycles. The molecule has 0 bridgehead atoms. The van der Waals surface area contributed by atoms with Crippen molar-refractivity contribution in [3.05, 3.63) is 41.2 Å². The van der Waals surface area contributed by atoms with Crippen molar-refractivity contribution in [2.75, 3.05) is 7.11 Å². The standard InChI is InChI=1S/C15H18N4O/c1-11(2)10-19-15(14(9-16)17-18-19)8-12-4-6-13(20-3)7-5-12/h4-7,11H,8,10H2,1-3H3. The second-order valence-corrected chi connectivity index (χ2v) is 5.10. The number of benzene rings is 1. The molecular weight excluding hydrogens is 252 g/mol. The van der Waals surface area contributed by atoms with Gasteiger partial charge in [-0.05, 0) is 23.6 Å². The van der Waals surface area contributed by atoms with E-state index in [0.29, 0.717) is 18.0 Å². The van der Waals surface area contributed by atoms with Crippen LogP contribution in [0.3, 0.4) is 0 Å².